The first kappa shape index (κ1) is 10.8. The van der Waals surface area contributed by atoms with Crippen molar-refractivity contribution in [3.05, 3.63) is 17.8 Å². The standard InChI is InChI=1S/C8H9F3N2OS/c9-8(10,11)6-3-14-7(13-6)5-4-15-2-1-12-5/h3,5,12H,1-2,4H2. The van der Waals surface area contributed by atoms with Crippen molar-refractivity contribution in [1.29, 1.82) is 0 Å². The van der Waals surface area contributed by atoms with Gasteiger partial charge in [0.05, 0.1) is 6.04 Å². The summed E-state index contributed by atoms with van der Waals surface area (Å²) >= 11 is 1.67. The first-order valence-electron chi connectivity index (χ1n) is 4.41. The van der Waals surface area contributed by atoms with Crippen LogP contribution in [-0.4, -0.2) is 23.0 Å². The van der Waals surface area contributed by atoms with Crippen LogP contribution >= 0.6 is 11.8 Å². The molecule has 1 aromatic heterocycles. The minimum absolute atomic E-state index is 0.120. The summed E-state index contributed by atoms with van der Waals surface area (Å²) in [6.07, 6.45) is -3.76. The molecule has 0 aromatic carbocycles. The van der Waals surface area contributed by atoms with Gasteiger partial charge in [-0.05, 0) is 0 Å². The zero-order valence-corrected chi connectivity index (χ0v) is 8.49. The zero-order chi connectivity index (χ0) is 10.9. The molecule has 1 aromatic rings. The average Bonchev–Trinajstić information content (AvgIpc) is 2.67. The lowest BCUT2D eigenvalue weighted by Crippen LogP contribution is -2.30. The van der Waals surface area contributed by atoms with Crippen LogP contribution in [0.5, 0.6) is 0 Å². The molecule has 1 N–H and O–H groups in total. The van der Waals surface area contributed by atoms with Crippen LogP contribution in [0.15, 0.2) is 10.7 Å². The first-order chi connectivity index (χ1) is 7.07. The third-order valence-corrected chi connectivity index (χ3v) is 3.09. The number of thioether (sulfide) groups is 1. The largest absolute Gasteiger partial charge is 0.447 e. The molecule has 0 spiro atoms. The minimum atomic E-state index is -4.43. The number of hydrogen-bond acceptors (Lipinski definition) is 4. The van der Waals surface area contributed by atoms with E-state index in [2.05, 4.69) is 10.3 Å². The Morgan fingerprint density at radius 3 is 2.87 bits per heavy atom. The Kier molecular flexibility index (Phi) is 2.92. The molecular formula is C8H9F3N2OS. The minimum Gasteiger partial charge on any atom is -0.447 e. The molecule has 2 heterocycles. The molecule has 1 unspecified atom stereocenters. The fraction of sp³-hybridized carbons (Fsp3) is 0.625. The Hall–Kier alpha value is -0.690. The van der Waals surface area contributed by atoms with E-state index < -0.39 is 11.9 Å². The van der Waals surface area contributed by atoms with E-state index in [0.717, 1.165) is 12.3 Å². The van der Waals surface area contributed by atoms with Crippen molar-refractivity contribution < 1.29 is 17.6 Å². The number of halogens is 3. The molecule has 0 amide bonds. The molecule has 0 saturated carbocycles. The molecular weight excluding hydrogens is 229 g/mol. The molecule has 0 radical (unpaired) electrons. The molecule has 1 aliphatic heterocycles. The second-order valence-electron chi connectivity index (χ2n) is 3.15. The number of rotatable bonds is 1. The van der Waals surface area contributed by atoms with Gasteiger partial charge in [-0.1, -0.05) is 0 Å². The zero-order valence-electron chi connectivity index (χ0n) is 7.67. The van der Waals surface area contributed by atoms with Crippen LogP contribution in [0.1, 0.15) is 17.6 Å². The molecule has 0 bridgehead atoms. The maximum atomic E-state index is 12.2. The van der Waals surface area contributed by atoms with Crippen molar-refractivity contribution in [3.63, 3.8) is 0 Å². The summed E-state index contributed by atoms with van der Waals surface area (Å²) in [5.41, 5.74) is -0.963. The van der Waals surface area contributed by atoms with Crippen molar-refractivity contribution in [1.82, 2.24) is 10.3 Å². The predicted octanol–water partition coefficient (Wildman–Crippen LogP) is 2.07. The highest BCUT2D eigenvalue weighted by molar-refractivity contribution is 7.99. The number of hydrogen-bond donors (Lipinski definition) is 1. The summed E-state index contributed by atoms with van der Waals surface area (Å²) in [5, 5.41) is 3.06. The number of alkyl halides is 3. The summed E-state index contributed by atoms with van der Waals surface area (Å²) in [5.74, 6) is 1.77. The van der Waals surface area contributed by atoms with E-state index in [4.69, 9.17) is 4.42 Å². The summed E-state index contributed by atoms with van der Waals surface area (Å²) in [7, 11) is 0. The molecule has 1 aliphatic rings. The van der Waals surface area contributed by atoms with Gasteiger partial charge in [0.2, 0.25) is 5.89 Å². The predicted molar refractivity (Wildman–Crippen MR) is 49.6 cm³/mol. The number of nitrogens with zero attached hydrogens (tertiary/aromatic N) is 1. The Morgan fingerprint density at radius 2 is 2.33 bits per heavy atom. The van der Waals surface area contributed by atoms with Gasteiger partial charge in [-0.2, -0.15) is 24.9 Å². The number of oxazole rings is 1. The molecule has 0 aliphatic carbocycles. The third kappa shape index (κ3) is 2.46. The summed E-state index contributed by atoms with van der Waals surface area (Å²) in [6.45, 7) is 0.763. The monoisotopic (exact) mass is 238 g/mol. The van der Waals surface area contributed by atoms with Gasteiger partial charge >= 0.3 is 6.18 Å². The van der Waals surface area contributed by atoms with Gasteiger partial charge in [0.15, 0.2) is 5.69 Å². The molecule has 15 heavy (non-hydrogen) atoms. The fourth-order valence-corrected chi connectivity index (χ4v) is 2.23. The lowest BCUT2D eigenvalue weighted by atomic mass is 10.3. The molecule has 84 valence electrons. The summed E-state index contributed by atoms with van der Waals surface area (Å²) in [6, 6.07) is -0.208. The van der Waals surface area contributed by atoms with Crippen LogP contribution in [0.2, 0.25) is 0 Å². The van der Waals surface area contributed by atoms with Crippen LogP contribution in [-0.2, 0) is 6.18 Å². The summed E-state index contributed by atoms with van der Waals surface area (Å²) in [4.78, 5) is 3.44. The van der Waals surface area contributed by atoms with E-state index in [-0.39, 0.29) is 11.9 Å². The number of nitrogens with one attached hydrogen (secondary N) is 1. The molecule has 1 fully saturated rings. The highest BCUT2D eigenvalue weighted by Crippen LogP contribution is 2.30. The van der Waals surface area contributed by atoms with Crippen LogP contribution in [0.4, 0.5) is 13.2 Å². The van der Waals surface area contributed by atoms with Crippen LogP contribution in [0.25, 0.3) is 0 Å². The molecule has 2 rings (SSSR count). The van der Waals surface area contributed by atoms with E-state index in [9.17, 15) is 13.2 Å². The lowest BCUT2D eigenvalue weighted by Gasteiger charge is -2.19. The van der Waals surface area contributed by atoms with E-state index in [0.29, 0.717) is 12.0 Å². The normalized spacial score (nSPS) is 23.0. The van der Waals surface area contributed by atoms with Crippen molar-refractivity contribution in [3.8, 4) is 0 Å². The Labute approximate surface area is 88.4 Å². The Bertz CT molecular complexity index is 333. The van der Waals surface area contributed by atoms with Crippen molar-refractivity contribution >= 4 is 11.8 Å². The second kappa shape index (κ2) is 4.05. The van der Waals surface area contributed by atoms with Crippen molar-refractivity contribution in [2.45, 2.75) is 12.2 Å². The van der Waals surface area contributed by atoms with Crippen LogP contribution in [0.3, 0.4) is 0 Å². The van der Waals surface area contributed by atoms with Gasteiger partial charge in [-0.15, -0.1) is 0 Å². The van der Waals surface area contributed by atoms with Gasteiger partial charge in [0.1, 0.15) is 6.26 Å². The SMILES string of the molecule is FC(F)(F)c1coc(C2CSCCN2)n1. The van der Waals surface area contributed by atoms with Gasteiger partial charge in [-0.3, -0.25) is 0 Å². The Morgan fingerprint density at radius 1 is 1.53 bits per heavy atom. The van der Waals surface area contributed by atoms with Crippen LogP contribution < -0.4 is 5.32 Å². The molecule has 1 saturated heterocycles. The topological polar surface area (TPSA) is 38.1 Å². The fourth-order valence-electron chi connectivity index (χ4n) is 1.30. The Balaban J connectivity index is 2.12. The third-order valence-electron chi connectivity index (χ3n) is 2.03. The van der Waals surface area contributed by atoms with E-state index in [1.807, 2.05) is 0 Å². The highest BCUT2D eigenvalue weighted by atomic mass is 32.2. The summed E-state index contributed by atoms with van der Waals surface area (Å²) < 4.78 is 41.5. The smallest absolute Gasteiger partial charge is 0.436 e. The maximum absolute atomic E-state index is 12.2. The van der Waals surface area contributed by atoms with E-state index in [1.54, 1.807) is 11.8 Å². The van der Waals surface area contributed by atoms with E-state index >= 15 is 0 Å². The second-order valence-corrected chi connectivity index (χ2v) is 4.30. The maximum Gasteiger partial charge on any atom is 0.436 e. The quantitative estimate of drug-likeness (QED) is 0.812. The highest BCUT2D eigenvalue weighted by Gasteiger charge is 2.35. The van der Waals surface area contributed by atoms with Gasteiger partial charge in [-0.25, -0.2) is 4.98 Å². The lowest BCUT2D eigenvalue weighted by molar-refractivity contribution is -0.141. The first-order valence-corrected chi connectivity index (χ1v) is 5.56. The van der Waals surface area contributed by atoms with Crippen LogP contribution in [0, 0.1) is 0 Å². The van der Waals surface area contributed by atoms with Gasteiger partial charge in [0, 0.05) is 18.1 Å². The molecule has 3 nitrogen and oxygen atoms in total. The van der Waals surface area contributed by atoms with Crippen molar-refractivity contribution in [2.24, 2.45) is 0 Å². The average molecular weight is 238 g/mol. The van der Waals surface area contributed by atoms with Gasteiger partial charge < -0.3 is 9.73 Å². The van der Waals surface area contributed by atoms with E-state index in [1.165, 1.54) is 0 Å². The van der Waals surface area contributed by atoms with Crippen molar-refractivity contribution in [2.75, 3.05) is 18.1 Å². The number of aromatic nitrogens is 1. The van der Waals surface area contributed by atoms with Gasteiger partial charge in [0.25, 0.3) is 0 Å². The molecule has 7 heteroatoms. The molecule has 1 atom stereocenters.